The Morgan fingerprint density at radius 3 is 2.58 bits per heavy atom. The summed E-state index contributed by atoms with van der Waals surface area (Å²) in [6, 6.07) is 11.7. The van der Waals surface area contributed by atoms with Crippen LogP contribution in [0.3, 0.4) is 0 Å². The lowest BCUT2D eigenvalue weighted by Gasteiger charge is -2.30. The monoisotopic (exact) mass is 373 g/mol. The summed E-state index contributed by atoms with van der Waals surface area (Å²) < 4.78 is 40.5. The topological polar surface area (TPSA) is 66.1 Å². The van der Waals surface area contributed by atoms with Crippen LogP contribution in [0.5, 0.6) is 0 Å². The summed E-state index contributed by atoms with van der Waals surface area (Å²) in [5.74, 6) is 0.703. The SMILES string of the molecule is Cc1cc(F)ccc1S(=O)(=O)N1CCC(c2nc3ccccc3[nH]2)CC1. The van der Waals surface area contributed by atoms with Crippen molar-refractivity contribution in [3.05, 3.63) is 59.7 Å². The van der Waals surface area contributed by atoms with Crippen LogP contribution in [0.2, 0.25) is 0 Å². The predicted molar refractivity (Wildman–Crippen MR) is 98.0 cm³/mol. The Hall–Kier alpha value is -2.25. The highest BCUT2D eigenvalue weighted by Gasteiger charge is 2.31. The minimum absolute atomic E-state index is 0.182. The van der Waals surface area contributed by atoms with Crippen molar-refractivity contribution < 1.29 is 12.8 Å². The van der Waals surface area contributed by atoms with Crippen molar-refractivity contribution in [3.8, 4) is 0 Å². The quantitative estimate of drug-likeness (QED) is 0.763. The summed E-state index contributed by atoms with van der Waals surface area (Å²) in [4.78, 5) is 8.17. The molecular formula is C19H20FN3O2S. The molecule has 1 N–H and O–H groups in total. The fourth-order valence-corrected chi connectivity index (χ4v) is 5.25. The standard InChI is InChI=1S/C19H20FN3O2S/c1-13-12-15(20)6-7-18(13)26(24,25)23-10-8-14(9-11-23)19-21-16-4-2-3-5-17(16)22-19/h2-7,12,14H,8-11H2,1H3,(H,21,22). The maximum Gasteiger partial charge on any atom is 0.243 e. The van der Waals surface area contributed by atoms with E-state index in [-0.39, 0.29) is 10.8 Å². The molecule has 2 aromatic carbocycles. The van der Waals surface area contributed by atoms with Crippen LogP contribution in [-0.2, 0) is 10.0 Å². The number of aromatic amines is 1. The molecule has 3 aromatic rings. The summed E-state index contributed by atoms with van der Waals surface area (Å²) in [5, 5.41) is 0. The van der Waals surface area contributed by atoms with Crippen LogP contribution in [0.25, 0.3) is 11.0 Å². The molecule has 0 radical (unpaired) electrons. The highest BCUT2D eigenvalue weighted by molar-refractivity contribution is 7.89. The van der Waals surface area contributed by atoms with Crippen LogP contribution in [0.4, 0.5) is 4.39 Å². The number of nitrogens with one attached hydrogen (secondary N) is 1. The van der Waals surface area contributed by atoms with E-state index in [4.69, 9.17) is 0 Å². The average Bonchev–Trinajstić information content (AvgIpc) is 3.05. The first kappa shape index (κ1) is 17.2. The molecule has 0 aliphatic carbocycles. The van der Waals surface area contributed by atoms with Crippen LogP contribution < -0.4 is 0 Å². The van der Waals surface area contributed by atoms with Gasteiger partial charge >= 0.3 is 0 Å². The number of sulfonamides is 1. The minimum Gasteiger partial charge on any atom is -0.342 e. The van der Waals surface area contributed by atoms with Crippen LogP contribution >= 0.6 is 0 Å². The van der Waals surface area contributed by atoms with E-state index in [2.05, 4.69) is 9.97 Å². The Bertz CT molecular complexity index is 1020. The van der Waals surface area contributed by atoms with E-state index in [1.54, 1.807) is 6.92 Å². The van der Waals surface area contributed by atoms with Crippen molar-refractivity contribution in [1.82, 2.24) is 14.3 Å². The second-order valence-corrected chi connectivity index (χ2v) is 8.63. The van der Waals surface area contributed by atoms with Crippen molar-refractivity contribution >= 4 is 21.1 Å². The first-order valence-electron chi connectivity index (χ1n) is 8.66. The van der Waals surface area contributed by atoms with E-state index in [9.17, 15) is 12.8 Å². The lowest BCUT2D eigenvalue weighted by molar-refractivity contribution is 0.314. The molecule has 1 saturated heterocycles. The molecule has 0 unspecified atom stereocenters. The summed E-state index contributed by atoms with van der Waals surface area (Å²) in [7, 11) is -3.60. The molecule has 0 atom stereocenters. The molecule has 1 aliphatic rings. The number of aryl methyl sites for hydroxylation is 1. The fourth-order valence-electron chi connectivity index (χ4n) is 3.58. The van der Waals surface area contributed by atoms with Gasteiger partial charge in [-0.3, -0.25) is 0 Å². The number of imidazole rings is 1. The van der Waals surface area contributed by atoms with Gasteiger partial charge in [0.25, 0.3) is 0 Å². The third-order valence-electron chi connectivity index (χ3n) is 5.00. The molecule has 5 nitrogen and oxygen atoms in total. The number of hydrogen-bond donors (Lipinski definition) is 1. The number of benzene rings is 2. The van der Waals surface area contributed by atoms with Crippen LogP contribution in [0.15, 0.2) is 47.4 Å². The Labute approximate surface area is 151 Å². The lowest BCUT2D eigenvalue weighted by Crippen LogP contribution is -2.38. The molecule has 0 amide bonds. The van der Waals surface area contributed by atoms with Gasteiger partial charge in [0.15, 0.2) is 0 Å². The predicted octanol–water partition coefficient (Wildman–Crippen LogP) is 3.58. The molecule has 26 heavy (non-hydrogen) atoms. The number of para-hydroxylation sites is 2. The van der Waals surface area contributed by atoms with E-state index in [1.807, 2.05) is 24.3 Å². The Kier molecular flexibility index (Phi) is 4.28. The first-order valence-corrected chi connectivity index (χ1v) is 10.1. The van der Waals surface area contributed by atoms with E-state index in [1.165, 1.54) is 22.5 Å². The van der Waals surface area contributed by atoms with Gasteiger partial charge in [-0.1, -0.05) is 12.1 Å². The second kappa shape index (κ2) is 6.48. The van der Waals surface area contributed by atoms with Gasteiger partial charge in [-0.25, -0.2) is 17.8 Å². The van der Waals surface area contributed by atoms with E-state index >= 15 is 0 Å². The van der Waals surface area contributed by atoms with Crippen molar-refractivity contribution in [2.75, 3.05) is 13.1 Å². The maximum absolute atomic E-state index is 13.3. The van der Waals surface area contributed by atoms with Gasteiger partial charge in [-0.15, -0.1) is 0 Å². The highest BCUT2D eigenvalue weighted by Crippen LogP contribution is 2.31. The molecule has 0 spiro atoms. The zero-order valence-corrected chi connectivity index (χ0v) is 15.3. The number of aromatic nitrogens is 2. The zero-order valence-electron chi connectivity index (χ0n) is 14.4. The molecule has 1 aromatic heterocycles. The molecule has 1 fully saturated rings. The number of rotatable bonds is 3. The number of H-pyrrole nitrogens is 1. The largest absolute Gasteiger partial charge is 0.342 e. The number of nitrogens with zero attached hydrogens (tertiary/aromatic N) is 2. The van der Waals surface area contributed by atoms with Crippen molar-refractivity contribution in [2.24, 2.45) is 0 Å². The molecule has 2 heterocycles. The van der Waals surface area contributed by atoms with Gasteiger partial charge in [-0.05, 0) is 55.7 Å². The van der Waals surface area contributed by atoms with Crippen molar-refractivity contribution in [2.45, 2.75) is 30.6 Å². The zero-order chi connectivity index (χ0) is 18.3. The summed E-state index contributed by atoms with van der Waals surface area (Å²) in [6.07, 6.45) is 1.42. The van der Waals surface area contributed by atoms with E-state index in [0.29, 0.717) is 31.5 Å². The van der Waals surface area contributed by atoms with Crippen LogP contribution in [-0.4, -0.2) is 35.8 Å². The molecule has 7 heteroatoms. The Morgan fingerprint density at radius 1 is 1.15 bits per heavy atom. The number of piperidine rings is 1. The lowest BCUT2D eigenvalue weighted by atomic mass is 9.97. The molecule has 1 aliphatic heterocycles. The van der Waals surface area contributed by atoms with Gasteiger partial charge in [-0.2, -0.15) is 4.31 Å². The molecule has 0 saturated carbocycles. The third kappa shape index (κ3) is 3.01. The summed E-state index contributed by atoms with van der Waals surface area (Å²) in [5.41, 5.74) is 2.36. The molecule has 0 bridgehead atoms. The normalized spacial score (nSPS) is 17.0. The maximum atomic E-state index is 13.3. The third-order valence-corrected chi connectivity index (χ3v) is 7.06. The summed E-state index contributed by atoms with van der Waals surface area (Å²) in [6.45, 7) is 2.48. The van der Waals surface area contributed by atoms with Crippen molar-refractivity contribution in [1.29, 1.82) is 0 Å². The van der Waals surface area contributed by atoms with Crippen LogP contribution in [0.1, 0.15) is 30.1 Å². The minimum atomic E-state index is -3.60. The van der Waals surface area contributed by atoms with Gasteiger partial charge in [0.05, 0.1) is 15.9 Å². The fraction of sp³-hybridized carbons (Fsp3) is 0.316. The first-order chi connectivity index (χ1) is 12.4. The molecule has 136 valence electrons. The van der Waals surface area contributed by atoms with Crippen molar-refractivity contribution in [3.63, 3.8) is 0 Å². The van der Waals surface area contributed by atoms with Crippen LogP contribution in [0, 0.1) is 12.7 Å². The second-order valence-electron chi connectivity index (χ2n) is 6.73. The summed E-state index contributed by atoms with van der Waals surface area (Å²) >= 11 is 0. The number of fused-ring (bicyclic) bond motifs is 1. The highest BCUT2D eigenvalue weighted by atomic mass is 32.2. The van der Waals surface area contributed by atoms with E-state index in [0.717, 1.165) is 16.9 Å². The van der Waals surface area contributed by atoms with Gasteiger partial charge in [0.2, 0.25) is 10.0 Å². The molecular weight excluding hydrogens is 353 g/mol. The van der Waals surface area contributed by atoms with E-state index < -0.39 is 15.8 Å². The Morgan fingerprint density at radius 2 is 1.88 bits per heavy atom. The van der Waals surface area contributed by atoms with Gasteiger partial charge < -0.3 is 4.98 Å². The Balaban J connectivity index is 1.52. The smallest absolute Gasteiger partial charge is 0.243 e. The average molecular weight is 373 g/mol. The van der Waals surface area contributed by atoms with Gasteiger partial charge in [0.1, 0.15) is 11.6 Å². The number of hydrogen-bond acceptors (Lipinski definition) is 3. The molecule has 4 rings (SSSR count). The number of halogens is 1. The van der Waals surface area contributed by atoms with Gasteiger partial charge in [0, 0.05) is 19.0 Å².